The molecular weight excluding hydrogens is 142 g/mol. The van der Waals surface area contributed by atoms with Crippen LogP contribution in [0.15, 0.2) is 0 Å². The molecule has 0 aromatic rings. The summed E-state index contributed by atoms with van der Waals surface area (Å²) in [6, 6.07) is 0.907. The van der Waals surface area contributed by atoms with Gasteiger partial charge in [-0.05, 0) is 24.8 Å². The Bertz CT molecular complexity index is 124. The molecule has 0 amide bonds. The van der Waals surface area contributed by atoms with Crippen molar-refractivity contribution in [3.05, 3.63) is 0 Å². The zero-order valence-corrected chi connectivity index (χ0v) is 7.04. The standard InChI is InChI=1S/C6H11N.C2H4O2/c1-4-5-2-6(4)7-3-5;1-4-2-3/h4-7H,2-3H2,1H3;2H,1H3. The van der Waals surface area contributed by atoms with Gasteiger partial charge >= 0.3 is 0 Å². The molecule has 2 bridgehead atoms. The summed E-state index contributed by atoms with van der Waals surface area (Å²) >= 11 is 0. The third-order valence-electron chi connectivity index (χ3n) is 2.67. The van der Waals surface area contributed by atoms with Gasteiger partial charge in [0.1, 0.15) is 0 Å². The molecule has 3 fully saturated rings. The Labute approximate surface area is 67.1 Å². The molecule has 3 nitrogen and oxygen atoms in total. The summed E-state index contributed by atoms with van der Waals surface area (Å²) in [6.07, 6.45) is 1.46. The Morgan fingerprint density at radius 3 is 2.36 bits per heavy atom. The number of fused-ring (bicyclic) bond motifs is 1. The van der Waals surface area contributed by atoms with Crippen LogP contribution in [-0.2, 0) is 9.53 Å². The lowest BCUT2D eigenvalue weighted by Crippen LogP contribution is -2.34. The number of ether oxygens (including phenoxy) is 1. The molecule has 0 spiro atoms. The average molecular weight is 157 g/mol. The number of hydrogen-bond donors (Lipinski definition) is 1. The molecule has 1 saturated carbocycles. The highest BCUT2D eigenvalue weighted by molar-refractivity contribution is 5.36. The average Bonchev–Trinajstić information content (AvgIpc) is 2.64. The fourth-order valence-corrected chi connectivity index (χ4v) is 1.73. The van der Waals surface area contributed by atoms with Crippen LogP contribution in [0.2, 0.25) is 0 Å². The minimum Gasteiger partial charge on any atom is -0.471 e. The molecule has 2 heterocycles. The molecule has 0 radical (unpaired) electrons. The molecule has 0 aromatic carbocycles. The Balaban J connectivity index is 0.000000134. The van der Waals surface area contributed by atoms with Crippen LogP contribution in [0.25, 0.3) is 0 Å². The SMILES string of the molecule is CC1C2CNC1C2.COC=O. The second-order valence-electron chi connectivity index (χ2n) is 3.20. The maximum atomic E-state index is 8.95. The number of rotatable bonds is 1. The van der Waals surface area contributed by atoms with Crippen molar-refractivity contribution in [3.8, 4) is 0 Å². The first-order valence-corrected chi connectivity index (χ1v) is 3.99. The lowest BCUT2D eigenvalue weighted by atomic mass is 9.75. The predicted octanol–water partition coefficient (Wildman–Crippen LogP) is 0.403. The van der Waals surface area contributed by atoms with Gasteiger partial charge in [0.2, 0.25) is 0 Å². The first-order chi connectivity index (χ1) is 5.29. The summed E-state index contributed by atoms with van der Waals surface area (Å²) in [5.41, 5.74) is 0. The Hall–Kier alpha value is -0.570. The third kappa shape index (κ3) is 1.71. The highest BCUT2D eigenvalue weighted by Gasteiger charge is 2.43. The van der Waals surface area contributed by atoms with Gasteiger partial charge in [0, 0.05) is 6.04 Å². The maximum Gasteiger partial charge on any atom is 0.292 e. The van der Waals surface area contributed by atoms with E-state index in [0.29, 0.717) is 6.47 Å². The summed E-state index contributed by atoms with van der Waals surface area (Å²) in [4.78, 5) is 8.95. The highest BCUT2D eigenvalue weighted by Crippen LogP contribution is 2.39. The van der Waals surface area contributed by atoms with Crippen LogP contribution in [0, 0.1) is 11.8 Å². The zero-order chi connectivity index (χ0) is 8.27. The second kappa shape index (κ2) is 3.72. The van der Waals surface area contributed by atoms with Crippen LogP contribution in [-0.4, -0.2) is 26.2 Å². The van der Waals surface area contributed by atoms with E-state index in [1.54, 1.807) is 0 Å². The topological polar surface area (TPSA) is 38.3 Å². The fourth-order valence-electron chi connectivity index (χ4n) is 1.73. The van der Waals surface area contributed by atoms with Crippen LogP contribution in [0.4, 0.5) is 0 Å². The molecule has 3 rings (SSSR count). The van der Waals surface area contributed by atoms with Crippen molar-refractivity contribution in [3.63, 3.8) is 0 Å². The lowest BCUT2D eigenvalue weighted by Gasteiger charge is -2.30. The van der Waals surface area contributed by atoms with Crippen molar-refractivity contribution >= 4 is 6.47 Å². The monoisotopic (exact) mass is 157 g/mol. The molecule has 11 heavy (non-hydrogen) atoms. The van der Waals surface area contributed by atoms with Crippen LogP contribution in [0.1, 0.15) is 13.3 Å². The Morgan fingerprint density at radius 2 is 2.27 bits per heavy atom. The second-order valence-corrected chi connectivity index (χ2v) is 3.20. The summed E-state index contributed by atoms with van der Waals surface area (Å²) in [6.45, 7) is 4.02. The predicted molar refractivity (Wildman–Crippen MR) is 42.1 cm³/mol. The van der Waals surface area contributed by atoms with Crippen LogP contribution in [0.3, 0.4) is 0 Å². The molecule has 2 aliphatic heterocycles. The van der Waals surface area contributed by atoms with Gasteiger partial charge in [-0.25, -0.2) is 0 Å². The van der Waals surface area contributed by atoms with E-state index in [2.05, 4.69) is 17.0 Å². The third-order valence-corrected chi connectivity index (χ3v) is 2.67. The van der Waals surface area contributed by atoms with Gasteiger partial charge in [-0.2, -0.15) is 0 Å². The van der Waals surface area contributed by atoms with Gasteiger partial charge < -0.3 is 10.1 Å². The minimum atomic E-state index is 0.375. The largest absolute Gasteiger partial charge is 0.471 e. The van der Waals surface area contributed by atoms with Crippen molar-refractivity contribution < 1.29 is 9.53 Å². The molecule has 1 aliphatic carbocycles. The Kier molecular flexibility index (Phi) is 2.88. The van der Waals surface area contributed by atoms with Crippen LogP contribution < -0.4 is 5.32 Å². The number of hydrogen-bond acceptors (Lipinski definition) is 3. The van der Waals surface area contributed by atoms with Crippen molar-refractivity contribution in [2.45, 2.75) is 19.4 Å². The van der Waals surface area contributed by atoms with Gasteiger partial charge in [0.25, 0.3) is 6.47 Å². The molecule has 0 aromatic heterocycles. The zero-order valence-electron chi connectivity index (χ0n) is 7.04. The van der Waals surface area contributed by atoms with Gasteiger partial charge in [0.15, 0.2) is 0 Å². The van der Waals surface area contributed by atoms with E-state index >= 15 is 0 Å². The molecule has 3 aliphatic rings. The lowest BCUT2D eigenvalue weighted by molar-refractivity contribution is -0.126. The van der Waals surface area contributed by atoms with E-state index in [4.69, 9.17) is 4.79 Å². The van der Waals surface area contributed by atoms with Crippen molar-refractivity contribution in [1.82, 2.24) is 5.32 Å². The summed E-state index contributed by atoms with van der Waals surface area (Å²) in [5.74, 6) is 2.05. The Morgan fingerprint density at radius 1 is 1.64 bits per heavy atom. The van der Waals surface area contributed by atoms with E-state index < -0.39 is 0 Å². The highest BCUT2D eigenvalue weighted by atomic mass is 16.5. The summed E-state index contributed by atoms with van der Waals surface area (Å²) in [7, 11) is 1.31. The van der Waals surface area contributed by atoms with Gasteiger partial charge in [-0.3, -0.25) is 4.79 Å². The number of methoxy groups -OCH3 is 1. The smallest absolute Gasteiger partial charge is 0.292 e. The molecule has 2 saturated heterocycles. The number of carbonyl (C=O) groups is 1. The molecule has 3 unspecified atom stereocenters. The normalized spacial score (nSPS) is 38.2. The van der Waals surface area contributed by atoms with E-state index in [1.807, 2.05) is 0 Å². The van der Waals surface area contributed by atoms with E-state index in [0.717, 1.165) is 17.9 Å². The van der Waals surface area contributed by atoms with Crippen LogP contribution in [0.5, 0.6) is 0 Å². The fraction of sp³-hybridized carbons (Fsp3) is 0.875. The first kappa shape index (κ1) is 8.53. The quantitative estimate of drug-likeness (QED) is 0.560. The molecule has 3 heteroatoms. The number of carbonyl (C=O) groups excluding carboxylic acids is 1. The van der Waals surface area contributed by atoms with Gasteiger partial charge in [-0.1, -0.05) is 6.92 Å². The number of nitrogens with one attached hydrogen (secondary N) is 1. The maximum absolute atomic E-state index is 8.95. The van der Waals surface area contributed by atoms with Crippen molar-refractivity contribution in [1.29, 1.82) is 0 Å². The molecule has 1 N–H and O–H groups in total. The van der Waals surface area contributed by atoms with Crippen molar-refractivity contribution in [2.75, 3.05) is 13.7 Å². The molecule has 64 valence electrons. The molecule has 3 atom stereocenters. The summed E-state index contributed by atoms with van der Waals surface area (Å²) < 4.78 is 3.86. The first-order valence-electron chi connectivity index (χ1n) is 3.99. The minimum absolute atomic E-state index is 0.375. The van der Waals surface area contributed by atoms with Crippen LogP contribution >= 0.6 is 0 Å². The summed E-state index contributed by atoms with van der Waals surface area (Å²) in [5, 5.41) is 3.44. The van der Waals surface area contributed by atoms with Crippen molar-refractivity contribution in [2.24, 2.45) is 11.8 Å². The van der Waals surface area contributed by atoms with E-state index in [1.165, 1.54) is 20.1 Å². The van der Waals surface area contributed by atoms with Gasteiger partial charge in [-0.15, -0.1) is 0 Å². The van der Waals surface area contributed by atoms with E-state index in [9.17, 15) is 0 Å². The molecular formula is C8H15NO2. The van der Waals surface area contributed by atoms with E-state index in [-0.39, 0.29) is 0 Å². The van der Waals surface area contributed by atoms with Gasteiger partial charge in [0.05, 0.1) is 7.11 Å².